The third kappa shape index (κ3) is 3.72. The predicted octanol–water partition coefficient (Wildman–Crippen LogP) is 2.11. The molecule has 7 heteroatoms. The quantitative estimate of drug-likeness (QED) is 0.329. The van der Waals surface area contributed by atoms with E-state index in [9.17, 15) is 4.79 Å². The maximum atomic E-state index is 12.3. The molecule has 112 valence electrons. The number of aromatic nitrogens is 1. The number of nitrogens with one attached hydrogen (secondary N) is 3. The zero-order chi connectivity index (χ0) is 15.2. The fourth-order valence-corrected chi connectivity index (χ4v) is 3.00. The van der Waals surface area contributed by atoms with Gasteiger partial charge >= 0.3 is 0 Å². The Labute approximate surface area is 132 Å². The van der Waals surface area contributed by atoms with E-state index in [2.05, 4.69) is 20.9 Å². The Morgan fingerprint density at radius 1 is 1.38 bits per heavy atom. The zero-order valence-electron chi connectivity index (χ0n) is 11.9. The Bertz CT molecular complexity index is 635. The monoisotopic (exact) mass is 324 g/mol. The van der Waals surface area contributed by atoms with Crippen molar-refractivity contribution in [2.75, 3.05) is 20.3 Å². The minimum Gasteiger partial charge on any atom is -0.378 e. The van der Waals surface area contributed by atoms with Gasteiger partial charge in [0.1, 0.15) is 15.7 Å². The average molecular weight is 325 g/mol. The van der Waals surface area contributed by atoms with Gasteiger partial charge in [0.2, 0.25) is 0 Å². The second-order valence-electron chi connectivity index (χ2n) is 4.21. The summed E-state index contributed by atoms with van der Waals surface area (Å²) in [6, 6.07) is 7.74. The van der Waals surface area contributed by atoms with Crippen molar-refractivity contribution in [2.24, 2.45) is 0 Å². The summed E-state index contributed by atoms with van der Waals surface area (Å²) in [6.07, 6.45) is 0. The van der Waals surface area contributed by atoms with Gasteiger partial charge in [-0.2, -0.15) is 0 Å². The maximum Gasteiger partial charge on any atom is 0.258 e. The molecular weight excluding hydrogens is 308 g/mol. The number of carbonyl (C=O) groups excluding carboxylic acids is 1. The summed E-state index contributed by atoms with van der Waals surface area (Å²) in [6.45, 7) is 3.13. The van der Waals surface area contributed by atoms with Gasteiger partial charge in [0, 0.05) is 7.05 Å². The number of thiazole rings is 1. The molecule has 3 N–H and O–H groups in total. The number of amides is 1. The minimum absolute atomic E-state index is 0.255. The molecule has 2 aromatic rings. The van der Waals surface area contributed by atoms with Crippen molar-refractivity contribution >= 4 is 44.6 Å². The number of hydrogen-bond donors (Lipinski definition) is 3. The molecule has 1 aromatic carbocycles. The number of para-hydroxylation sites is 1. The van der Waals surface area contributed by atoms with Crippen LogP contribution in [0.1, 0.15) is 11.9 Å². The predicted molar refractivity (Wildman–Crippen MR) is 88.1 cm³/mol. The van der Waals surface area contributed by atoms with Crippen LogP contribution in [0.2, 0.25) is 0 Å². The highest BCUT2D eigenvalue weighted by molar-refractivity contribution is 7.19. The molecule has 0 bridgehead atoms. The number of hydrogen-bond acceptors (Lipinski definition) is 5. The number of benzene rings is 1. The molecule has 1 heterocycles. The number of carbonyl (C=O) groups is 1. The molecule has 0 saturated carbocycles. The van der Waals surface area contributed by atoms with Gasteiger partial charge in [0.15, 0.2) is 0 Å². The summed E-state index contributed by atoms with van der Waals surface area (Å²) in [7, 11) is 1.67. The van der Waals surface area contributed by atoms with E-state index >= 15 is 0 Å². The molecule has 0 fully saturated rings. The fourth-order valence-electron chi connectivity index (χ4n) is 1.75. The van der Waals surface area contributed by atoms with Gasteiger partial charge in [-0.25, -0.2) is 4.98 Å². The second kappa shape index (κ2) is 7.40. The molecule has 0 atom stereocenters. The highest BCUT2D eigenvalue weighted by Crippen LogP contribution is 2.29. The van der Waals surface area contributed by atoms with Crippen LogP contribution in [0, 0.1) is 0 Å². The highest BCUT2D eigenvalue weighted by Gasteiger charge is 2.20. The van der Waals surface area contributed by atoms with E-state index in [4.69, 9.17) is 11.6 Å². The molecule has 2 rings (SSSR count). The smallest absolute Gasteiger partial charge is 0.258 e. The minimum atomic E-state index is -0.255. The van der Waals surface area contributed by atoms with Crippen molar-refractivity contribution in [1.82, 2.24) is 20.9 Å². The van der Waals surface area contributed by atoms with Gasteiger partial charge in [0.25, 0.3) is 5.91 Å². The first kappa shape index (κ1) is 15.8. The molecule has 21 heavy (non-hydrogen) atoms. The van der Waals surface area contributed by atoms with Crippen molar-refractivity contribution < 1.29 is 4.79 Å². The van der Waals surface area contributed by atoms with Crippen LogP contribution in [0.25, 0.3) is 15.8 Å². The highest BCUT2D eigenvalue weighted by atomic mass is 35.5. The van der Waals surface area contributed by atoms with E-state index in [-0.39, 0.29) is 11.1 Å². The first-order valence-electron chi connectivity index (χ1n) is 6.59. The van der Waals surface area contributed by atoms with Crippen LogP contribution in [-0.4, -0.2) is 31.2 Å². The third-order valence-electron chi connectivity index (χ3n) is 2.80. The Kier molecular flexibility index (Phi) is 5.55. The first-order valence-corrected chi connectivity index (χ1v) is 7.79. The number of rotatable bonds is 6. The lowest BCUT2D eigenvalue weighted by Gasteiger charge is -2.09. The molecule has 0 radical (unpaired) electrons. The van der Waals surface area contributed by atoms with E-state index in [1.807, 2.05) is 31.2 Å². The van der Waals surface area contributed by atoms with Crippen LogP contribution in [0.5, 0.6) is 0 Å². The Balaban J connectivity index is 2.34. The topological polar surface area (TPSA) is 66.0 Å². The fraction of sp³-hybridized carbons (Fsp3) is 0.286. The van der Waals surface area contributed by atoms with Gasteiger partial charge in [-0.1, -0.05) is 30.7 Å². The normalized spacial score (nSPS) is 12.1. The van der Waals surface area contributed by atoms with Crippen molar-refractivity contribution in [2.45, 2.75) is 6.92 Å². The summed E-state index contributed by atoms with van der Waals surface area (Å²) in [5, 5.41) is 9.50. The van der Waals surface area contributed by atoms with Gasteiger partial charge < -0.3 is 16.0 Å². The number of fused-ring (bicyclic) bond motifs is 1. The molecule has 5 nitrogen and oxygen atoms in total. The second-order valence-corrected chi connectivity index (χ2v) is 5.62. The Morgan fingerprint density at radius 3 is 2.81 bits per heavy atom. The molecular formula is C14H17ClN4OS. The zero-order valence-corrected chi connectivity index (χ0v) is 13.4. The van der Waals surface area contributed by atoms with Gasteiger partial charge in [-0.15, -0.1) is 11.3 Å². The number of nitrogens with zero attached hydrogens (tertiary/aromatic N) is 1. The lowest BCUT2D eigenvalue weighted by atomic mass is 10.2. The van der Waals surface area contributed by atoms with E-state index in [0.29, 0.717) is 17.2 Å². The van der Waals surface area contributed by atoms with Crippen LogP contribution in [0.4, 0.5) is 0 Å². The van der Waals surface area contributed by atoms with E-state index in [1.165, 1.54) is 11.3 Å². The molecule has 1 aromatic heterocycles. The Morgan fingerprint density at radius 2 is 2.14 bits per heavy atom. The SMILES string of the molecule is CCNCNC(=O)/C(=C(/Cl)NC)c1nc2ccccc2s1. The third-order valence-corrected chi connectivity index (χ3v) is 4.23. The molecule has 0 aliphatic rings. The Hall–Kier alpha value is -1.63. The van der Waals surface area contributed by atoms with Crippen molar-refractivity contribution in [3.8, 4) is 0 Å². The maximum absolute atomic E-state index is 12.3. The molecule has 0 aliphatic carbocycles. The van der Waals surface area contributed by atoms with Gasteiger partial charge in [-0.05, 0) is 18.7 Å². The van der Waals surface area contributed by atoms with Crippen LogP contribution in [0.3, 0.4) is 0 Å². The first-order chi connectivity index (χ1) is 10.2. The van der Waals surface area contributed by atoms with Crippen LogP contribution in [-0.2, 0) is 4.79 Å². The molecule has 0 saturated heterocycles. The average Bonchev–Trinajstić information content (AvgIpc) is 2.90. The summed E-state index contributed by atoms with van der Waals surface area (Å²) in [5.41, 5.74) is 1.22. The van der Waals surface area contributed by atoms with Crippen LogP contribution in [0.15, 0.2) is 29.4 Å². The summed E-state index contributed by atoms with van der Waals surface area (Å²) >= 11 is 7.60. The summed E-state index contributed by atoms with van der Waals surface area (Å²) < 4.78 is 1.02. The summed E-state index contributed by atoms with van der Waals surface area (Å²) in [4.78, 5) is 16.8. The molecule has 0 spiro atoms. The van der Waals surface area contributed by atoms with Crippen molar-refractivity contribution in [3.63, 3.8) is 0 Å². The number of halogens is 1. The molecule has 0 unspecified atom stereocenters. The van der Waals surface area contributed by atoms with Crippen LogP contribution < -0.4 is 16.0 Å². The lowest BCUT2D eigenvalue weighted by Crippen LogP contribution is -2.34. The van der Waals surface area contributed by atoms with E-state index in [1.54, 1.807) is 7.05 Å². The van der Waals surface area contributed by atoms with Crippen molar-refractivity contribution in [3.05, 3.63) is 34.4 Å². The lowest BCUT2D eigenvalue weighted by molar-refractivity contribution is -0.115. The van der Waals surface area contributed by atoms with Crippen LogP contribution >= 0.6 is 22.9 Å². The van der Waals surface area contributed by atoms with Crippen molar-refractivity contribution in [1.29, 1.82) is 0 Å². The molecule has 1 amide bonds. The van der Waals surface area contributed by atoms with E-state index < -0.39 is 0 Å². The van der Waals surface area contributed by atoms with E-state index in [0.717, 1.165) is 16.8 Å². The van der Waals surface area contributed by atoms with Gasteiger partial charge in [0.05, 0.1) is 16.9 Å². The largest absolute Gasteiger partial charge is 0.378 e. The standard InChI is InChI=1S/C14H17ClN4OS/c1-3-17-8-18-13(20)11(12(15)16-2)14-19-9-6-4-5-7-10(9)21-14/h4-7,16-17H,3,8H2,1-2H3,(H,18,20)/b12-11+. The molecule has 0 aliphatic heterocycles. The van der Waals surface area contributed by atoms with Gasteiger partial charge in [-0.3, -0.25) is 4.79 Å². The summed E-state index contributed by atoms with van der Waals surface area (Å²) in [5.74, 6) is -0.255.